The molecule has 9 heteroatoms. The second kappa shape index (κ2) is 14.5. The Labute approximate surface area is 278 Å². The van der Waals surface area contributed by atoms with Crippen LogP contribution in [-0.4, -0.2) is 43.3 Å². The maximum atomic E-state index is 14.6. The van der Waals surface area contributed by atoms with Gasteiger partial charge in [0.15, 0.2) is 0 Å². The van der Waals surface area contributed by atoms with Crippen LogP contribution < -0.4 is 9.62 Å². The number of benzene rings is 4. The highest BCUT2D eigenvalue weighted by Gasteiger charge is 2.36. The van der Waals surface area contributed by atoms with Crippen LogP contribution in [-0.2, 0) is 32.6 Å². The molecule has 0 saturated carbocycles. The van der Waals surface area contributed by atoms with Crippen molar-refractivity contribution in [3.63, 3.8) is 0 Å². The van der Waals surface area contributed by atoms with Crippen molar-refractivity contribution in [3.8, 4) is 0 Å². The molecule has 0 fully saturated rings. The normalized spacial score (nSPS) is 12.3. The number of hydrogen-bond acceptors (Lipinski definition) is 4. The fraction of sp³-hybridized carbons (Fsp3) is 0.297. The second-order valence-electron chi connectivity index (χ2n) is 12.7. The highest BCUT2D eigenvalue weighted by molar-refractivity contribution is 7.92. The number of aryl methyl sites for hydroxylation is 3. The number of hydrogen-bond donors (Lipinski definition) is 1. The minimum atomic E-state index is -4.18. The van der Waals surface area contributed by atoms with Gasteiger partial charge in [-0.25, -0.2) is 8.42 Å². The Morgan fingerprint density at radius 2 is 1.43 bits per heavy atom. The average Bonchev–Trinajstić information content (AvgIpc) is 2.98. The standard InChI is InChI=1S/C37H42ClN3O4S/c1-26-15-18-32(19-16-26)46(44,45)41(33-20-17-27(2)21-28(33)3)25-35(42)40(24-30-13-10-14-31(38)22-30)34(36(43)39-37(4,5)6)23-29-11-8-7-9-12-29/h7-22,34H,23-25H2,1-6H3,(H,39,43)/t34-/m0/s1. The number of carbonyl (C=O) groups is 2. The quantitative estimate of drug-likeness (QED) is 0.188. The molecule has 7 nitrogen and oxygen atoms in total. The molecule has 4 aromatic carbocycles. The highest BCUT2D eigenvalue weighted by Crippen LogP contribution is 2.29. The largest absolute Gasteiger partial charge is 0.350 e. The number of anilines is 1. The summed E-state index contributed by atoms with van der Waals surface area (Å²) in [5.74, 6) is -0.869. The van der Waals surface area contributed by atoms with E-state index in [1.54, 1.807) is 48.5 Å². The summed E-state index contributed by atoms with van der Waals surface area (Å²) in [5, 5.41) is 3.53. The summed E-state index contributed by atoms with van der Waals surface area (Å²) in [6.07, 6.45) is 0.226. The van der Waals surface area contributed by atoms with Crippen LogP contribution >= 0.6 is 11.6 Å². The van der Waals surface area contributed by atoms with E-state index in [1.165, 1.54) is 4.90 Å². The first-order chi connectivity index (χ1) is 21.6. The van der Waals surface area contributed by atoms with E-state index in [1.807, 2.05) is 90.1 Å². The van der Waals surface area contributed by atoms with Gasteiger partial charge in [0.2, 0.25) is 11.8 Å². The van der Waals surface area contributed by atoms with Crippen LogP contribution in [0.25, 0.3) is 0 Å². The molecule has 46 heavy (non-hydrogen) atoms. The van der Waals surface area contributed by atoms with Gasteiger partial charge >= 0.3 is 0 Å². The molecule has 4 rings (SSSR count). The van der Waals surface area contributed by atoms with E-state index >= 15 is 0 Å². The Balaban J connectivity index is 1.84. The molecule has 0 radical (unpaired) electrons. The number of carbonyl (C=O) groups excluding carboxylic acids is 2. The SMILES string of the molecule is Cc1ccc(S(=O)(=O)N(CC(=O)N(Cc2cccc(Cl)c2)[C@@H](Cc2ccccc2)C(=O)NC(C)(C)C)c2ccc(C)cc2C)cc1. The van der Waals surface area contributed by atoms with E-state index in [2.05, 4.69) is 5.32 Å². The van der Waals surface area contributed by atoms with Gasteiger partial charge in [-0.15, -0.1) is 0 Å². The number of amides is 2. The molecule has 0 bridgehead atoms. The zero-order valence-electron chi connectivity index (χ0n) is 27.2. The molecule has 0 spiro atoms. The monoisotopic (exact) mass is 659 g/mol. The van der Waals surface area contributed by atoms with Gasteiger partial charge in [-0.1, -0.05) is 89.5 Å². The lowest BCUT2D eigenvalue weighted by Gasteiger charge is -2.35. The van der Waals surface area contributed by atoms with Crippen LogP contribution in [0.15, 0.2) is 102 Å². The Hall–Kier alpha value is -4.14. The van der Waals surface area contributed by atoms with Gasteiger partial charge in [0.1, 0.15) is 12.6 Å². The number of rotatable bonds is 11. The molecule has 0 aliphatic heterocycles. The van der Waals surface area contributed by atoms with Crippen molar-refractivity contribution in [2.75, 3.05) is 10.8 Å². The van der Waals surface area contributed by atoms with E-state index in [0.29, 0.717) is 21.8 Å². The van der Waals surface area contributed by atoms with Gasteiger partial charge < -0.3 is 10.2 Å². The third-order valence-electron chi connectivity index (χ3n) is 7.52. The number of sulfonamides is 1. The van der Waals surface area contributed by atoms with Gasteiger partial charge in [0.05, 0.1) is 10.6 Å². The Kier molecular flexibility index (Phi) is 11.0. The summed E-state index contributed by atoms with van der Waals surface area (Å²) >= 11 is 6.33. The van der Waals surface area contributed by atoms with E-state index < -0.39 is 34.1 Å². The number of nitrogens with zero attached hydrogens (tertiary/aromatic N) is 2. The first-order valence-corrected chi connectivity index (χ1v) is 17.0. The highest BCUT2D eigenvalue weighted by atomic mass is 35.5. The molecule has 0 saturated heterocycles. The van der Waals surface area contributed by atoms with E-state index in [0.717, 1.165) is 21.0 Å². The molecular formula is C37H42ClN3O4S. The van der Waals surface area contributed by atoms with Crippen molar-refractivity contribution >= 4 is 39.1 Å². The predicted molar refractivity (Wildman–Crippen MR) is 185 cm³/mol. The third kappa shape index (κ3) is 8.98. The Bertz CT molecular complexity index is 1790. The van der Waals surface area contributed by atoms with Gasteiger partial charge in [0.25, 0.3) is 10.0 Å². The predicted octanol–water partition coefficient (Wildman–Crippen LogP) is 7.02. The molecule has 242 valence electrons. The molecule has 4 aromatic rings. The van der Waals surface area contributed by atoms with Crippen molar-refractivity contribution in [3.05, 3.63) is 130 Å². The van der Waals surface area contributed by atoms with Gasteiger partial charge in [0, 0.05) is 23.5 Å². The molecule has 0 aliphatic rings. The van der Waals surface area contributed by atoms with Crippen LogP contribution in [0.2, 0.25) is 5.02 Å². The number of nitrogens with one attached hydrogen (secondary N) is 1. The molecule has 2 amide bonds. The van der Waals surface area contributed by atoms with E-state index in [9.17, 15) is 18.0 Å². The molecule has 0 heterocycles. The van der Waals surface area contributed by atoms with Gasteiger partial charge in [-0.2, -0.15) is 0 Å². The zero-order chi connectivity index (χ0) is 33.6. The molecule has 0 aliphatic carbocycles. The van der Waals surface area contributed by atoms with Crippen LogP contribution in [0.4, 0.5) is 5.69 Å². The minimum Gasteiger partial charge on any atom is -0.350 e. The maximum Gasteiger partial charge on any atom is 0.264 e. The van der Waals surface area contributed by atoms with Crippen molar-refractivity contribution in [2.45, 2.75) is 71.0 Å². The zero-order valence-corrected chi connectivity index (χ0v) is 28.8. The van der Waals surface area contributed by atoms with Crippen molar-refractivity contribution < 1.29 is 18.0 Å². The van der Waals surface area contributed by atoms with E-state index in [-0.39, 0.29) is 23.8 Å². The summed E-state index contributed by atoms with van der Waals surface area (Å²) < 4.78 is 29.7. The Morgan fingerprint density at radius 1 is 0.804 bits per heavy atom. The Morgan fingerprint density at radius 3 is 2.04 bits per heavy atom. The third-order valence-corrected chi connectivity index (χ3v) is 9.53. The average molecular weight is 660 g/mol. The van der Waals surface area contributed by atoms with Crippen LogP contribution in [0.1, 0.15) is 48.6 Å². The summed E-state index contributed by atoms with van der Waals surface area (Å²) in [6.45, 7) is 10.8. The van der Waals surface area contributed by atoms with Crippen molar-refractivity contribution in [1.29, 1.82) is 0 Å². The van der Waals surface area contributed by atoms with Crippen LogP contribution in [0.5, 0.6) is 0 Å². The molecule has 0 unspecified atom stereocenters. The summed E-state index contributed by atoms with van der Waals surface area (Å²) in [4.78, 5) is 30.2. The fourth-order valence-electron chi connectivity index (χ4n) is 5.27. The maximum absolute atomic E-state index is 14.6. The van der Waals surface area contributed by atoms with Crippen LogP contribution in [0.3, 0.4) is 0 Å². The van der Waals surface area contributed by atoms with Crippen LogP contribution in [0, 0.1) is 20.8 Å². The lowest BCUT2D eigenvalue weighted by atomic mass is 10.0. The summed E-state index contributed by atoms with van der Waals surface area (Å²) in [7, 11) is -4.18. The lowest BCUT2D eigenvalue weighted by Crippen LogP contribution is -2.56. The van der Waals surface area contributed by atoms with Gasteiger partial charge in [-0.3, -0.25) is 13.9 Å². The summed E-state index contributed by atoms with van der Waals surface area (Å²) in [5.41, 5.74) is 3.97. The minimum absolute atomic E-state index is 0.0414. The first-order valence-electron chi connectivity index (χ1n) is 15.2. The number of halogens is 1. The van der Waals surface area contributed by atoms with E-state index in [4.69, 9.17) is 11.6 Å². The van der Waals surface area contributed by atoms with Gasteiger partial charge in [-0.05, 0) is 88.6 Å². The molecule has 1 N–H and O–H groups in total. The summed E-state index contributed by atoms with van der Waals surface area (Å²) in [6, 6.07) is 27.6. The van der Waals surface area contributed by atoms with Crippen molar-refractivity contribution in [1.82, 2.24) is 10.2 Å². The smallest absolute Gasteiger partial charge is 0.264 e. The molecule has 0 aromatic heterocycles. The molecule has 1 atom stereocenters. The molecular weight excluding hydrogens is 618 g/mol. The van der Waals surface area contributed by atoms with Crippen molar-refractivity contribution in [2.24, 2.45) is 0 Å². The fourth-order valence-corrected chi connectivity index (χ4v) is 6.97. The second-order valence-corrected chi connectivity index (χ2v) is 15.0. The first kappa shape index (κ1) is 34.7. The topological polar surface area (TPSA) is 86.8 Å². The lowest BCUT2D eigenvalue weighted by molar-refractivity contribution is -0.140.